The van der Waals surface area contributed by atoms with Gasteiger partial charge >= 0.3 is 0 Å². The van der Waals surface area contributed by atoms with Gasteiger partial charge in [-0.3, -0.25) is 4.90 Å². The Morgan fingerprint density at radius 3 is 2.85 bits per heavy atom. The lowest BCUT2D eigenvalue weighted by atomic mass is 10.2. The summed E-state index contributed by atoms with van der Waals surface area (Å²) in [7, 11) is 0. The molecule has 1 atom stereocenters. The molecule has 0 N–H and O–H groups in total. The lowest BCUT2D eigenvalue weighted by molar-refractivity contribution is 0.00547. The van der Waals surface area contributed by atoms with Gasteiger partial charge in [-0.1, -0.05) is 0 Å². The van der Waals surface area contributed by atoms with Crippen LogP contribution in [-0.2, 0) is 4.74 Å². The highest BCUT2D eigenvalue weighted by atomic mass is 19.3. The second-order valence-electron chi connectivity index (χ2n) is 3.98. The number of alkyl halides is 2. The molecule has 2 nitrogen and oxygen atoms in total. The average molecular weight is 191 g/mol. The molecule has 0 aliphatic carbocycles. The zero-order valence-electron chi connectivity index (χ0n) is 7.64. The molecule has 76 valence electrons. The number of rotatable bonds is 2. The van der Waals surface area contributed by atoms with Crippen molar-refractivity contribution in [3.63, 3.8) is 0 Å². The normalized spacial score (nSPS) is 34.2. The average Bonchev–Trinajstić information content (AvgIpc) is 2.61. The summed E-state index contributed by atoms with van der Waals surface area (Å²) in [5.74, 6) is -2.46. The fourth-order valence-corrected chi connectivity index (χ4v) is 2.04. The van der Waals surface area contributed by atoms with Gasteiger partial charge in [0, 0.05) is 26.1 Å². The van der Waals surface area contributed by atoms with Gasteiger partial charge in [0.25, 0.3) is 5.92 Å². The van der Waals surface area contributed by atoms with Gasteiger partial charge in [-0.25, -0.2) is 8.78 Å². The van der Waals surface area contributed by atoms with Gasteiger partial charge in [0.2, 0.25) is 0 Å². The van der Waals surface area contributed by atoms with E-state index >= 15 is 0 Å². The molecule has 0 unspecified atom stereocenters. The number of nitrogens with zero attached hydrogens (tertiary/aromatic N) is 1. The third kappa shape index (κ3) is 2.38. The summed E-state index contributed by atoms with van der Waals surface area (Å²) in [6, 6.07) is 0. The van der Waals surface area contributed by atoms with E-state index in [1.807, 2.05) is 4.90 Å². The molecule has 4 heteroatoms. The molecular weight excluding hydrogens is 176 g/mol. The van der Waals surface area contributed by atoms with Crippen molar-refractivity contribution in [1.82, 2.24) is 4.90 Å². The topological polar surface area (TPSA) is 12.5 Å². The second kappa shape index (κ2) is 3.50. The van der Waals surface area contributed by atoms with E-state index in [9.17, 15) is 8.78 Å². The first kappa shape index (κ1) is 9.34. The Morgan fingerprint density at radius 2 is 2.31 bits per heavy atom. The van der Waals surface area contributed by atoms with Crippen LogP contribution in [0.2, 0.25) is 0 Å². The molecule has 2 saturated heterocycles. The quantitative estimate of drug-likeness (QED) is 0.656. The van der Waals surface area contributed by atoms with Crippen molar-refractivity contribution in [2.45, 2.75) is 31.3 Å². The highest BCUT2D eigenvalue weighted by Gasteiger charge is 2.38. The van der Waals surface area contributed by atoms with Gasteiger partial charge in [0.1, 0.15) is 0 Å². The van der Waals surface area contributed by atoms with E-state index in [2.05, 4.69) is 0 Å². The minimum Gasteiger partial charge on any atom is -0.377 e. The first-order chi connectivity index (χ1) is 6.16. The maximum absolute atomic E-state index is 12.8. The van der Waals surface area contributed by atoms with Crippen LogP contribution in [0.1, 0.15) is 19.3 Å². The fourth-order valence-electron chi connectivity index (χ4n) is 2.04. The molecule has 2 fully saturated rings. The molecule has 2 heterocycles. The van der Waals surface area contributed by atoms with Crippen LogP contribution in [0.3, 0.4) is 0 Å². The molecule has 2 aliphatic rings. The van der Waals surface area contributed by atoms with E-state index in [1.165, 1.54) is 0 Å². The Bertz CT molecular complexity index is 180. The fraction of sp³-hybridized carbons (Fsp3) is 1.00. The summed E-state index contributed by atoms with van der Waals surface area (Å²) in [6.45, 7) is 1.93. The number of ether oxygens (including phenoxy) is 1. The molecule has 0 amide bonds. The van der Waals surface area contributed by atoms with Gasteiger partial charge in [0.15, 0.2) is 0 Å². The first-order valence-corrected chi connectivity index (χ1v) is 4.87. The predicted octanol–water partition coefficient (Wildman–Crippen LogP) is 1.51. The smallest absolute Gasteiger partial charge is 0.261 e. The van der Waals surface area contributed by atoms with Gasteiger partial charge in [-0.15, -0.1) is 0 Å². The molecule has 0 aromatic carbocycles. The standard InChI is InChI=1S/C9H15F2NO/c10-9(11)3-4-12(7-9)6-8-2-1-5-13-8/h8H,1-7H2/t8-/m1/s1. The SMILES string of the molecule is FC1(F)CCN(C[C@H]2CCCO2)C1. The summed E-state index contributed by atoms with van der Waals surface area (Å²) in [5.41, 5.74) is 0. The Labute approximate surface area is 76.9 Å². The van der Waals surface area contributed by atoms with Crippen LogP contribution in [-0.4, -0.2) is 43.2 Å². The van der Waals surface area contributed by atoms with E-state index < -0.39 is 5.92 Å². The molecule has 0 spiro atoms. The zero-order valence-corrected chi connectivity index (χ0v) is 7.64. The van der Waals surface area contributed by atoms with Crippen LogP contribution in [0.4, 0.5) is 8.78 Å². The monoisotopic (exact) mass is 191 g/mol. The third-order valence-corrected chi connectivity index (χ3v) is 2.73. The van der Waals surface area contributed by atoms with E-state index in [0.29, 0.717) is 13.1 Å². The van der Waals surface area contributed by atoms with Crippen LogP contribution in [0.25, 0.3) is 0 Å². The summed E-state index contributed by atoms with van der Waals surface area (Å²) in [4.78, 5) is 1.82. The molecule has 0 saturated carbocycles. The lowest BCUT2D eigenvalue weighted by Crippen LogP contribution is -2.32. The van der Waals surface area contributed by atoms with Gasteiger partial charge < -0.3 is 4.74 Å². The number of hydrogen-bond acceptors (Lipinski definition) is 2. The van der Waals surface area contributed by atoms with E-state index in [0.717, 1.165) is 19.4 Å². The molecule has 2 aliphatic heterocycles. The summed E-state index contributed by atoms with van der Waals surface area (Å²) in [6.07, 6.45) is 2.32. The summed E-state index contributed by atoms with van der Waals surface area (Å²) < 4.78 is 31.0. The summed E-state index contributed by atoms with van der Waals surface area (Å²) in [5, 5.41) is 0. The van der Waals surface area contributed by atoms with E-state index in [1.54, 1.807) is 0 Å². The zero-order chi connectivity index (χ0) is 9.31. The van der Waals surface area contributed by atoms with Gasteiger partial charge in [0.05, 0.1) is 12.6 Å². The van der Waals surface area contributed by atoms with Crippen molar-refractivity contribution in [3.8, 4) is 0 Å². The van der Waals surface area contributed by atoms with Crippen LogP contribution in [0, 0.1) is 0 Å². The predicted molar refractivity (Wildman–Crippen MR) is 45.0 cm³/mol. The molecule has 13 heavy (non-hydrogen) atoms. The third-order valence-electron chi connectivity index (χ3n) is 2.73. The summed E-state index contributed by atoms with van der Waals surface area (Å²) >= 11 is 0. The van der Waals surface area contributed by atoms with Crippen molar-refractivity contribution in [1.29, 1.82) is 0 Å². The number of hydrogen-bond donors (Lipinski definition) is 0. The van der Waals surface area contributed by atoms with Crippen molar-refractivity contribution in [2.24, 2.45) is 0 Å². The number of halogens is 2. The highest BCUT2D eigenvalue weighted by molar-refractivity contribution is 4.83. The molecular formula is C9H15F2NO. The first-order valence-electron chi connectivity index (χ1n) is 4.87. The Morgan fingerprint density at radius 1 is 1.46 bits per heavy atom. The number of likely N-dealkylation sites (tertiary alicyclic amines) is 1. The van der Waals surface area contributed by atoms with Crippen molar-refractivity contribution >= 4 is 0 Å². The molecule has 0 radical (unpaired) electrons. The largest absolute Gasteiger partial charge is 0.377 e. The highest BCUT2D eigenvalue weighted by Crippen LogP contribution is 2.27. The molecule has 0 bridgehead atoms. The van der Waals surface area contributed by atoms with Crippen LogP contribution < -0.4 is 0 Å². The minimum absolute atomic E-state index is 0.0136. The maximum Gasteiger partial charge on any atom is 0.261 e. The molecule has 0 aromatic heterocycles. The van der Waals surface area contributed by atoms with E-state index in [4.69, 9.17) is 4.74 Å². The molecule has 2 rings (SSSR count). The van der Waals surface area contributed by atoms with Crippen molar-refractivity contribution < 1.29 is 13.5 Å². The minimum atomic E-state index is -2.46. The molecule has 0 aromatic rings. The Hall–Kier alpha value is -0.220. The van der Waals surface area contributed by atoms with Crippen LogP contribution >= 0.6 is 0 Å². The van der Waals surface area contributed by atoms with Gasteiger partial charge in [-0.05, 0) is 12.8 Å². The Balaban J connectivity index is 1.77. The van der Waals surface area contributed by atoms with E-state index in [-0.39, 0.29) is 19.1 Å². The van der Waals surface area contributed by atoms with Gasteiger partial charge in [-0.2, -0.15) is 0 Å². The lowest BCUT2D eigenvalue weighted by Gasteiger charge is -2.19. The van der Waals surface area contributed by atoms with Crippen LogP contribution in [0.5, 0.6) is 0 Å². The second-order valence-corrected chi connectivity index (χ2v) is 3.98. The van der Waals surface area contributed by atoms with Crippen molar-refractivity contribution in [2.75, 3.05) is 26.2 Å². The Kier molecular flexibility index (Phi) is 2.51. The van der Waals surface area contributed by atoms with Crippen molar-refractivity contribution in [3.05, 3.63) is 0 Å². The maximum atomic E-state index is 12.8. The van der Waals surface area contributed by atoms with Crippen LogP contribution in [0.15, 0.2) is 0 Å².